The standard InChI is InChI=1S/C16H28N2O/c1-4-11-17-15(10-12-19)13-18(5-2)16-9-7-6-8-14(16)3/h6-9,15,17,19H,4-5,10-13H2,1-3H3. The molecule has 0 aliphatic rings. The number of hydrogen-bond donors (Lipinski definition) is 2. The number of nitrogens with zero attached hydrogens (tertiary/aromatic N) is 1. The number of benzene rings is 1. The van der Waals surface area contributed by atoms with Crippen LogP contribution in [0.4, 0.5) is 5.69 Å². The van der Waals surface area contributed by atoms with Gasteiger partial charge in [0.15, 0.2) is 0 Å². The number of likely N-dealkylation sites (N-methyl/N-ethyl adjacent to an activating group) is 1. The zero-order valence-corrected chi connectivity index (χ0v) is 12.5. The SMILES string of the molecule is CCCNC(CCO)CN(CC)c1ccccc1C. The number of anilines is 1. The van der Waals surface area contributed by atoms with Crippen LogP contribution in [0.25, 0.3) is 0 Å². The molecule has 3 heteroatoms. The van der Waals surface area contributed by atoms with E-state index >= 15 is 0 Å². The third-order valence-electron chi connectivity index (χ3n) is 3.44. The first-order chi connectivity index (χ1) is 9.22. The van der Waals surface area contributed by atoms with Gasteiger partial charge < -0.3 is 15.3 Å². The van der Waals surface area contributed by atoms with Gasteiger partial charge >= 0.3 is 0 Å². The first-order valence-electron chi connectivity index (χ1n) is 7.37. The van der Waals surface area contributed by atoms with Gasteiger partial charge in [-0.2, -0.15) is 0 Å². The molecule has 1 atom stereocenters. The van der Waals surface area contributed by atoms with Gasteiger partial charge in [0.2, 0.25) is 0 Å². The number of aryl methyl sites for hydroxylation is 1. The molecule has 0 fully saturated rings. The monoisotopic (exact) mass is 264 g/mol. The Bertz CT molecular complexity index is 354. The summed E-state index contributed by atoms with van der Waals surface area (Å²) in [6.45, 7) is 9.69. The van der Waals surface area contributed by atoms with E-state index in [4.69, 9.17) is 0 Å². The third-order valence-corrected chi connectivity index (χ3v) is 3.44. The average Bonchev–Trinajstić information content (AvgIpc) is 2.43. The fourth-order valence-corrected chi connectivity index (χ4v) is 2.34. The Labute approximate surface area is 117 Å². The minimum atomic E-state index is 0.243. The van der Waals surface area contributed by atoms with Gasteiger partial charge in [-0.05, 0) is 44.9 Å². The molecule has 1 rings (SSSR count). The summed E-state index contributed by atoms with van der Waals surface area (Å²) in [7, 11) is 0. The van der Waals surface area contributed by atoms with E-state index in [1.807, 2.05) is 0 Å². The number of nitrogens with one attached hydrogen (secondary N) is 1. The predicted octanol–water partition coefficient (Wildman–Crippen LogP) is 2.57. The number of hydrogen-bond acceptors (Lipinski definition) is 3. The summed E-state index contributed by atoms with van der Waals surface area (Å²) in [5.74, 6) is 0. The highest BCUT2D eigenvalue weighted by molar-refractivity contribution is 5.52. The minimum Gasteiger partial charge on any atom is -0.396 e. The zero-order valence-electron chi connectivity index (χ0n) is 12.5. The number of rotatable bonds is 9. The largest absolute Gasteiger partial charge is 0.396 e. The molecule has 0 amide bonds. The van der Waals surface area contributed by atoms with E-state index < -0.39 is 0 Å². The highest BCUT2D eigenvalue weighted by Gasteiger charge is 2.13. The van der Waals surface area contributed by atoms with Crippen molar-refractivity contribution >= 4 is 5.69 Å². The van der Waals surface area contributed by atoms with Crippen LogP contribution >= 0.6 is 0 Å². The van der Waals surface area contributed by atoms with Crippen molar-refractivity contribution < 1.29 is 5.11 Å². The molecule has 108 valence electrons. The van der Waals surface area contributed by atoms with Crippen LogP contribution in [0.2, 0.25) is 0 Å². The summed E-state index contributed by atoms with van der Waals surface area (Å²) in [5.41, 5.74) is 2.61. The summed E-state index contributed by atoms with van der Waals surface area (Å²) < 4.78 is 0. The molecule has 0 aromatic heterocycles. The molecule has 0 saturated carbocycles. The van der Waals surface area contributed by atoms with Gasteiger partial charge in [-0.1, -0.05) is 25.1 Å². The predicted molar refractivity (Wildman–Crippen MR) is 82.9 cm³/mol. The average molecular weight is 264 g/mol. The van der Waals surface area contributed by atoms with E-state index in [0.29, 0.717) is 6.04 Å². The summed E-state index contributed by atoms with van der Waals surface area (Å²) >= 11 is 0. The molecule has 1 unspecified atom stereocenters. The van der Waals surface area contributed by atoms with Crippen LogP contribution < -0.4 is 10.2 Å². The lowest BCUT2D eigenvalue weighted by Gasteiger charge is -2.30. The molecule has 0 saturated heterocycles. The summed E-state index contributed by atoms with van der Waals surface area (Å²) in [6.07, 6.45) is 1.93. The van der Waals surface area contributed by atoms with Gasteiger partial charge in [0.05, 0.1) is 0 Å². The maximum Gasteiger partial charge on any atom is 0.0446 e. The van der Waals surface area contributed by atoms with Crippen molar-refractivity contribution in [1.29, 1.82) is 0 Å². The van der Waals surface area contributed by atoms with E-state index in [0.717, 1.165) is 32.5 Å². The molecule has 1 aromatic carbocycles. The van der Waals surface area contributed by atoms with E-state index in [9.17, 15) is 5.11 Å². The van der Waals surface area contributed by atoms with Crippen molar-refractivity contribution in [2.24, 2.45) is 0 Å². The lowest BCUT2D eigenvalue weighted by atomic mass is 10.1. The molecule has 2 N–H and O–H groups in total. The van der Waals surface area contributed by atoms with Crippen LogP contribution in [0.1, 0.15) is 32.3 Å². The van der Waals surface area contributed by atoms with Crippen molar-refractivity contribution in [1.82, 2.24) is 5.32 Å². The van der Waals surface area contributed by atoms with Crippen LogP contribution in [0.3, 0.4) is 0 Å². The van der Waals surface area contributed by atoms with Crippen molar-refractivity contribution in [3.8, 4) is 0 Å². The summed E-state index contributed by atoms with van der Waals surface area (Å²) in [4.78, 5) is 2.39. The Morgan fingerprint density at radius 1 is 1.26 bits per heavy atom. The molecule has 1 aromatic rings. The van der Waals surface area contributed by atoms with Crippen LogP contribution in [0, 0.1) is 6.92 Å². The van der Waals surface area contributed by atoms with Gasteiger partial charge in [-0.3, -0.25) is 0 Å². The van der Waals surface area contributed by atoms with Crippen LogP contribution in [-0.4, -0.2) is 37.4 Å². The maximum atomic E-state index is 9.19. The van der Waals surface area contributed by atoms with Gasteiger partial charge in [-0.15, -0.1) is 0 Å². The lowest BCUT2D eigenvalue weighted by Crippen LogP contribution is -2.42. The summed E-state index contributed by atoms with van der Waals surface area (Å²) in [5, 5.41) is 12.7. The molecular weight excluding hydrogens is 236 g/mol. The topological polar surface area (TPSA) is 35.5 Å². The molecule has 0 radical (unpaired) electrons. The minimum absolute atomic E-state index is 0.243. The third kappa shape index (κ3) is 5.21. The van der Waals surface area contributed by atoms with Crippen LogP contribution in [0.15, 0.2) is 24.3 Å². The second-order valence-electron chi connectivity index (χ2n) is 4.99. The Morgan fingerprint density at radius 2 is 2.00 bits per heavy atom. The van der Waals surface area contributed by atoms with Crippen LogP contribution in [0.5, 0.6) is 0 Å². The second kappa shape index (κ2) is 8.94. The highest BCUT2D eigenvalue weighted by atomic mass is 16.3. The van der Waals surface area contributed by atoms with Crippen molar-refractivity contribution in [2.75, 3.05) is 31.1 Å². The first-order valence-corrected chi connectivity index (χ1v) is 7.37. The Kier molecular flexibility index (Phi) is 7.53. The molecule has 0 spiro atoms. The Hall–Kier alpha value is -1.06. The van der Waals surface area contributed by atoms with Crippen molar-refractivity contribution in [3.63, 3.8) is 0 Å². The van der Waals surface area contributed by atoms with Gasteiger partial charge in [0.25, 0.3) is 0 Å². The first kappa shape index (κ1) is 16.0. The van der Waals surface area contributed by atoms with Gasteiger partial charge in [-0.25, -0.2) is 0 Å². The maximum absolute atomic E-state index is 9.19. The Morgan fingerprint density at radius 3 is 2.58 bits per heavy atom. The smallest absolute Gasteiger partial charge is 0.0446 e. The summed E-state index contributed by atoms with van der Waals surface area (Å²) in [6, 6.07) is 8.84. The molecule has 0 aliphatic heterocycles. The van der Waals surface area contributed by atoms with E-state index in [2.05, 4.69) is 55.3 Å². The molecule has 0 aliphatic carbocycles. The lowest BCUT2D eigenvalue weighted by molar-refractivity contribution is 0.265. The van der Waals surface area contributed by atoms with Gasteiger partial charge in [0.1, 0.15) is 0 Å². The Balaban J connectivity index is 2.70. The van der Waals surface area contributed by atoms with Crippen molar-refractivity contribution in [3.05, 3.63) is 29.8 Å². The fraction of sp³-hybridized carbons (Fsp3) is 0.625. The van der Waals surface area contributed by atoms with E-state index in [1.54, 1.807) is 0 Å². The molecule has 0 heterocycles. The number of aliphatic hydroxyl groups excluding tert-OH is 1. The van der Waals surface area contributed by atoms with Crippen LogP contribution in [-0.2, 0) is 0 Å². The molecule has 0 bridgehead atoms. The van der Waals surface area contributed by atoms with E-state index in [-0.39, 0.29) is 6.61 Å². The number of para-hydroxylation sites is 1. The molecule has 19 heavy (non-hydrogen) atoms. The number of aliphatic hydroxyl groups is 1. The molecule has 3 nitrogen and oxygen atoms in total. The normalized spacial score (nSPS) is 12.4. The molecular formula is C16H28N2O. The van der Waals surface area contributed by atoms with Gasteiger partial charge in [0, 0.05) is 31.4 Å². The quantitative estimate of drug-likeness (QED) is 0.719. The van der Waals surface area contributed by atoms with E-state index in [1.165, 1.54) is 11.3 Å². The van der Waals surface area contributed by atoms with Crippen molar-refractivity contribution in [2.45, 2.75) is 39.7 Å². The highest BCUT2D eigenvalue weighted by Crippen LogP contribution is 2.19. The zero-order chi connectivity index (χ0) is 14.1. The second-order valence-corrected chi connectivity index (χ2v) is 4.99. The fourth-order valence-electron chi connectivity index (χ4n) is 2.34.